The number of nitrogens with one attached hydrogen (secondary N) is 2. The lowest BCUT2D eigenvalue weighted by molar-refractivity contribution is -0.123. The van der Waals surface area contributed by atoms with Gasteiger partial charge in [-0.1, -0.05) is 60.7 Å². The predicted molar refractivity (Wildman–Crippen MR) is 105 cm³/mol. The van der Waals surface area contributed by atoms with Gasteiger partial charge in [0.25, 0.3) is 11.8 Å². The largest absolute Gasteiger partial charge is 0.507 e. The van der Waals surface area contributed by atoms with E-state index in [1.54, 1.807) is 18.2 Å². The highest BCUT2D eigenvalue weighted by molar-refractivity contribution is 5.97. The molecule has 0 atom stereocenters. The maximum atomic E-state index is 12.0. The van der Waals surface area contributed by atoms with Gasteiger partial charge in [-0.25, -0.2) is 0 Å². The number of hydrogen-bond acceptors (Lipinski definition) is 4. The third-order valence-electron chi connectivity index (χ3n) is 4.03. The minimum absolute atomic E-state index is 0.0666. The second-order valence-electron chi connectivity index (χ2n) is 6.08. The van der Waals surface area contributed by atoms with Gasteiger partial charge in [-0.2, -0.15) is 0 Å². The SMILES string of the molecule is O=C(COc1ccccc1Cc1ccccc1)NNC(=O)c1ccccc1O. The molecule has 3 rings (SSSR count). The quantitative estimate of drug-likeness (QED) is 0.577. The fraction of sp³-hybridized carbons (Fsp3) is 0.0909. The number of rotatable bonds is 6. The van der Waals surface area contributed by atoms with Gasteiger partial charge in [0, 0.05) is 6.42 Å². The van der Waals surface area contributed by atoms with Crippen LogP contribution in [0.2, 0.25) is 0 Å². The molecule has 0 fully saturated rings. The van der Waals surface area contributed by atoms with E-state index in [9.17, 15) is 14.7 Å². The molecule has 2 amide bonds. The molecule has 28 heavy (non-hydrogen) atoms. The number of amides is 2. The van der Waals surface area contributed by atoms with Crippen LogP contribution in [0.4, 0.5) is 0 Å². The van der Waals surface area contributed by atoms with Crippen molar-refractivity contribution < 1.29 is 19.4 Å². The Morgan fingerprint density at radius 3 is 2.29 bits per heavy atom. The molecule has 0 spiro atoms. The van der Waals surface area contributed by atoms with Crippen LogP contribution in [0.3, 0.4) is 0 Å². The van der Waals surface area contributed by atoms with Crippen molar-refractivity contribution in [2.24, 2.45) is 0 Å². The lowest BCUT2D eigenvalue weighted by Crippen LogP contribution is -2.43. The molecule has 0 bridgehead atoms. The van der Waals surface area contributed by atoms with Gasteiger partial charge in [-0.15, -0.1) is 0 Å². The molecule has 142 valence electrons. The van der Waals surface area contributed by atoms with E-state index in [0.29, 0.717) is 12.2 Å². The van der Waals surface area contributed by atoms with Crippen molar-refractivity contribution >= 4 is 11.8 Å². The predicted octanol–water partition coefficient (Wildman–Crippen LogP) is 2.82. The molecule has 3 N–H and O–H groups in total. The summed E-state index contributed by atoms with van der Waals surface area (Å²) in [6, 6.07) is 23.5. The fourth-order valence-electron chi connectivity index (χ4n) is 2.65. The van der Waals surface area contributed by atoms with E-state index < -0.39 is 11.8 Å². The Morgan fingerprint density at radius 2 is 1.50 bits per heavy atom. The fourth-order valence-corrected chi connectivity index (χ4v) is 2.65. The van der Waals surface area contributed by atoms with E-state index in [2.05, 4.69) is 10.9 Å². The van der Waals surface area contributed by atoms with E-state index in [-0.39, 0.29) is 17.9 Å². The van der Waals surface area contributed by atoms with Gasteiger partial charge in [0.1, 0.15) is 11.5 Å². The normalized spacial score (nSPS) is 10.1. The molecule has 6 nitrogen and oxygen atoms in total. The van der Waals surface area contributed by atoms with Gasteiger partial charge in [0.15, 0.2) is 6.61 Å². The minimum Gasteiger partial charge on any atom is -0.507 e. The van der Waals surface area contributed by atoms with Crippen LogP contribution in [0, 0.1) is 0 Å². The number of aromatic hydroxyl groups is 1. The average molecular weight is 376 g/mol. The van der Waals surface area contributed by atoms with Crippen molar-refractivity contribution in [3.8, 4) is 11.5 Å². The van der Waals surface area contributed by atoms with Crippen LogP contribution in [0.5, 0.6) is 11.5 Å². The van der Waals surface area contributed by atoms with Gasteiger partial charge >= 0.3 is 0 Å². The Balaban J connectivity index is 1.54. The number of ether oxygens (including phenoxy) is 1. The average Bonchev–Trinajstić information content (AvgIpc) is 2.72. The van der Waals surface area contributed by atoms with Gasteiger partial charge < -0.3 is 9.84 Å². The van der Waals surface area contributed by atoms with Gasteiger partial charge in [0.2, 0.25) is 0 Å². The molecule has 0 radical (unpaired) electrons. The summed E-state index contributed by atoms with van der Waals surface area (Å²) in [6.07, 6.45) is 0.683. The van der Waals surface area contributed by atoms with Crippen LogP contribution < -0.4 is 15.6 Å². The van der Waals surface area contributed by atoms with Crippen LogP contribution in [-0.2, 0) is 11.2 Å². The van der Waals surface area contributed by atoms with Crippen LogP contribution >= 0.6 is 0 Å². The third kappa shape index (κ3) is 5.11. The third-order valence-corrected chi connectivity index (χ3v) is 4.03. The van der Waals surface area contributed by atoms with Gasteiger partial charge in [-0.3, -0.25) is 20.4 Å². The first kappa shape index (κ1) is 19.0. The Labute approximate surface area is 162 Å². The second-order valence-corrected chi connectivity index (χ2v) is 6.08. The molecular formula is C22H20N2O4. The first-order chi connectivity index (χ1) is 13.6. The highest BCUT2D eigenvalue weighted by Crippen LogP contribution is 2.21. The molecule has 0 aromatic heterocycles. The first-order valence-electron chi connectivity index (χ1n) is 8.75. The summed E-state index contributed by atoms with van der Waals surface area (Å²) in [6.45, 7) is -0.257. The number of carbonyl (C=O) groups is 2. The van der Waals surface area contributed by atoms with E-state index in [1.165, 1.54) is 12.1 Å². The summed E-state index contributed by atoms with van der Waals surface area (Å²) < 4.78 is 5.62. The monoisotopic (exact) mass is 376 g/mol. The summed E-state index contributed by atoms with van der Waals surface area (Å²) in [5, 5.41) is 9.65. The molecule has 0 heterocycles. The maximum absolute atomic E-state index is 12.0. The number of phenols is 1. The smallest absolute Gasteiger partial charge is 0.276 e. The number of hydrazine groups is 1. The molecule has 0 aliphatic heterocycles. The number of para-hydroxylation sites is 2. The molecule has 0 saturated carbocycles. The van der Waals surface area contributed by atoms with E-state index in [1.807, 2.05) is 48.5 Å². The standard InChI is InChI=1S/C22H20N2O4/c25-19-12-6-5-11-18(19)22(27)24-23-21(26)15-28-20-13-7-4-10-17(20)14-16-8-2-1-3-9-16/h1-13,25H,14-15H2,(H,23,26)(H,24,27). The molecule has 0 aliphatic carbocycles. The summed E-state index contributed by atoms with van der Waals surface area (Å²) in [7, 11) is 0. The maximum Gasteiger partial charge on any atom is 0.276 e. The van der Waals surface area contributed by atoms with Crippen molar-refractivity contribution in [1.29, 1.82) is 0 Å². The van der Waals surface area contributed by atoms with E-state index in [0.717, 1.165) is 11.1 Å². The lowest BCUT2D eigenvalue weighted by Gasteiger charge is -2.12. The zero-order chi connectivity index (χ0) is 19.8. The number of carbonyl (C=O) groups excluding carboxylic acids is 2. The number of phenolic OH excluding ortho intramolecular Hbond substituents is 1. The molecule has 0 aliphatic rings. The summed E-state index contributed by atoms with van der Waals surface area (Å²) in [4.78, 5) is 24.0. The molecule has 3 aromatic carbocycles. The van der Waals surface area contributed by atoms with Crippen molar-refractivity contribution in [3.05, 3.63) is 95.6 Å². The van der Waals surface area contributed by atoms with Crippen LogP contribution in [0.15, 0.2) is 78.9 Å². The summed E-state index contributed by atoms with van der Waals surface area (Å²) >= 11 is 0. The van der Waals surface area contributed by atoms with Crippen molar-refractivity contribution in [3.63, 3.8) is 0 Å². The number of hydrogen-bond donors (Lipinski definition) is 3. The van der Waals surface area contributed by atoms with E-state index >= 15 is 0 Å². The van der Waals surface area contributed by atoms with Crippen LogP contribution in [-0.4, -0.2) is 23.5 Å². The van der Waals surface area contributed by atoms with Gasteiger partial charge in [-0.05, 0) is 29.3 Å². The Morgan fingerprint density at radius 1 is 0.821 bits per heavy atom. The highest BCUT2D eigenvalue weighted by Gasteiger charge is 2.12. The molecule has 0 unspecified atom stereocenters. The molecule has 3 aromatic rings. The summed E-state index contributed by atoms with van der Waals surface area (Å²) in [5.41, 5.74) is 6.69. The molecule has 0 saturated heterocycles. The zero-order valence-electron chi connectivity index (χ0n) is 15.1. The van der Waals surface area contributed by atoms with Crippen molar-refractivity contribution in [2.45, 2.75) is 6.42 Å². The van der Waals surface area contributed by atoms with Crippen molar-refractivity contribution in [1.82, 2.24) is 10.9 Å². The highest BCUT2D eigenvalue weighted by atomic mass is 16.5. The summed E-state index contributed by atoms with van der Waals surface area (Å²) in [5.74, 6) is -0.692. The van der Waals surface area contributed by atoms with Crippen LogP contribution in [0.1, 0.15) is 21.5 Å². The lowest BCUT2D eigenvalue weighted by atomic mass is 10.0. The number of benzene rings is 3. The van der Waals surface area contributed by atoms with E-state index in [4.69, 9.17) is 4.74 Å². The topological polar surface area (TPSA) is 87.7 Å². The van der Waals surface area contributed by atoms with Crippen LogP contribution in [0.25, 0.3) is 0 Å². The second kappa shape index (κ2) is 9.23. The molecular weight excluding hydrogens is 356 g/mol. The first-order valence-corrected chi connectivity index (χ1v) is 8.75. The Hall–Kier alpha value is -3.80. The van der Waals surface area contributed by atoms with Crippen molar-refractivity contribution in [2.75, 3.05) is 6.61 Å². The Bertz CT molecular complexity index is 958. The van der Waals surface area contributed by atoms with Gasteiger partial charge in [0.05, 0.1) is 5.56 Å². The minimum atomic E-state index is -0.615. The molecule has 6 heteroatoms. The Kier molecular flexibility index (Phi) is 6.25. The zero-order valence-corrected chi connectivity index (χ0v) is 15.1.